The van der Waals surface area contributed by atoms with E-state index in [-0.39, 0.29) is 40.6 Å². The van der Waals surface area contributed by atoms with E-state index in [1.165, 1.54) is 38.7 Å². The highest BCUT2D eigenvalue weighted by molar-refractivity contribution is 6.29. The van der Waals surface area contributed by atoms with Crippen LogP contribution in [0.25, 0.3) is 17.0 Å². The SMILES string of the molecule is CCOC(=O)C(=Cc1cccc(O)c1)C(=O)c1c(O)c(OC)c2occc2c1OC. The molecule has 0 aliphatic carbocycles. The number of carbonyl (C=O) groups excluding carboxylic acids is 2. The van der Waals surface area contributed by atoms with Gasteiger partial charge in [-0.05, 0) is 36.8 Å². The van der Waals surface area contributed by atoms with Gasteiger partial charge in [-0.15, -0.1) is 0 Å². The Morgan fingerprint density at radius 2 is 1.83 bits per heavy atom. The van der Waals surface area contributed by atoms with Crippen LogP contribution < -0.4 is 9.47 Å². The number of ether oxygens (including phenoxy) is 3. The third kappa shape index (κ3) is 3.67. The van der Waals surface area contributed by atoms with Gasteiger partial charge in [0.25, 0.3) is 0 Å². The van der Waals surface area contributed by atoms with Crippen molar-refractivity contribution in [1.82, 2.24) is 0 Å². The molecule has 0 atom stereocenters. The number of rotatable bonds is 7. The number of esters is 1. The maximum Gasteiger partial charge on any atom is 0.342 e. The lowest BCUT2D eigenvalue weighted by molar-refractivity contribution is -0.137. The summed E-state index contributed by atoms with van der Waals surface area (Å²) >= 11 is 0. The number of ketones is 1. The molecule has 3 aromatic rings. The van der Waals surface area contributed by atoms with Crippen LogP contribution in [-0.2, 0) is 9.53 Å². The van der Waals surface area contributed by atoms with Crippen molar-refractivity contribution in [3.63, 3.8) is 0 Å². The predicted molar refractivity (Wildman–Crippen MR) is 108 cm³/mol. The molecular formula is C22H20O8. The zero-order valence-electron chi connectivity index (χ0n) is 16.6. The van der Waals surface area contributed by atoms with Gasteiger partial charge >= 0.3 is 5.97 Å². The second kappa shape index (κ2) is 8.60. The van der Waals surface area contributed by atoms with Crippen LogP contribution >= 0.6 is 0 Å². The lowest BCUT2D eigenvalue weighted by atomic mass is 9.97. The highest BCUT2D eigenvalue weighted by atomic mass is 16.5. The van der Waals surface area contributed by atoms with Crippen LogP contribution in [0.4, 0.5) is 0 Å². The first-order chi connectivity index (χ1) is 14.4. The van der Waals surface area contributed by atoms with Crippen molar-refractivity contribution in [1.29, 1.82) is 0 Å². The Morgan fingerprint density at radius 3 is 2.47 bits per heavy atom. The van der Waals surface area contributed by atoms with Crippen LogP contribution in [0.5, 0.6) is 23.0 Å². The van der Waals surface area contributed by atoms with Crippen molar-refractivity contribution in [3.8, 4) is 23.0 Å². The fraction of sp³-hybridized carbons (Fsp3) is 0.182. The summed E-state index contributed by atoms with van der Waals surface area (Å²) < 4.78 is 20.9. The molecule has 3 rings (SSSR count). The van der Waals surface area contributed by atoms with Crippen LogP contribution in [0.3, 0.4) is 0 Å². The summed E-state index contributed by atoms with van der Waals surface area (Å²) in [5.41, 5.74) is -0.0529. The van der Waals surface area contributed by atoms with Crippen LogP contribution in [0.15, 0.2) is 46.6 Å². The minimum atomic E-state index is -0.890. The summed E-state index contributed by atoms with van der Waals surface area (Å²) in [4.78, 5) is 26.0. The van der Waals surface area contributed by atoms with Crippen molar-refractivity contribution >= 4 is 28.8 Å². The number of methoxy groups -OCH3 is 2. The minimum absolute atomic E-state index is 0.0214. The third-order valence-electron chi connectivity index (χ3n) is 4.35. The summed E-state index contributed by atoms with van der Waals surface area (Å²) in [7, 11) is 2.64. The van der Waals surface area contributed by atoms with E-state index in [9.17, 15) is 19.8 Å². The van der Waals surface area contributed by atoms with Gasteiger partial charge in [0.2, 0.25) is 11.5 Å². The molecule has 8 nitrogen and oxygen atoms in total. The van der Waals surface area contributed by atoms with Gasteiger partial charge in [0.15, 0.2) is 11.3 Å². The first-order valence-electron chi connectivity index (χ1n) is 8.99. The van der Waals surface area contributed by atoms with E-state index in [0.29, 0.717) is 10.9 Å². The Kier molecular flexibility index (Phi) is 5.96. The molecule has 0 spiro atoms. The number of furan rings is 1. The van der Waals surface area contributed by atoms with Crippen LogP contribution in [-0.4, -0.2) is 42.8 Å². The maximum atomic E-state index is 13.4. The molecule has 0 fully saturated rings. The highest BCUT2D eigenvalue weighted by Gasteiger charge is 2.32. The molecule has 8 heteroatoms. The Morgan fingerprint density at radius 1 is 1.10 bits per heavy atom. The Hall–Kier alpha value is -3.94. The van der Waals surface area contributed by atoms with Crippen LogP contribution in [0.2, 0.25) is 0 Å². The smallest absolute Gasteiger partial charge is 0.342 e. The Labute approximate surface area is 171 Å². The second-order valence-electron chi connectivity index (χ2n) is 6.16. The van der Waals surface area contributed by atoms with Crippen molar-refractivity contribution in [2.24, 2.45) is 0 Å². The first-order valence-corrected chi connectivity index (χ1v) is 8.99. The summed E-state index contributed by atoms with van der Waals surface area (Å²) in [6.45, 7) is 1.64. The summed E-state index contributed by atoms with van der Waals surface area (Å²) in [6, 6.07) is 7.55. The zero-order valence-corrected chi connectivity index (χ0v) is 16.6. The van der Waals surface area contributed by atoms with E-state index < -0.39 is 17.5 Å². The molecule has 0 radical (unpaired) electrons. The first kappa shape index (κ1) is 20.8. The Balaban J connectivity index is 2.26. The highest BCUT2D eigenvalue weighted by Crippen LogP contribution is 2.46. The normalized spacial score (nSPS) is 11.4. The number of aromatic hydroxyl groups is 2. The number of Topliss-reactive ketones (excluding diaryl/α,β-unsaturated/α-hetero) is 1. The molecule has 0 aliphatic rings. The lowest BCUT2D eigenvalue weighted by Gasteiger charge is -2.15. The fourth-order valence-electron chi connectivity index (χ4n) is 3.08. The van der Waals surface area contributed by atoms with E-state index in [4.69, 9.17) is 18.6 Å². The monoisotopic (exact) mass is 412 g/mol. The van der Waals surface area contributed by atoms with E-state index in [1.54, 1.807) is 25.1 Å². The van der Waals surface area contributed by atoms with E-state index in [2.05, 4.69) is 0 Å². The molecule has 0 saturated carbocycles. The van der Waals surface area contributed by atoms with Crippen molar-refractivity contribution in [3.05, 3.63) is 53.3 Å². The van der Waals surface area contributed by atoms with Crippen molar-refractivity contribution in [2.75, 3.05) is 20.8 Å². The molecule has 0 bridgehead atoms. The summed E-state index contributed by atoms with van der Waals surface area (Å²) in [5.74, 6) is -2.35. The topological polar surface area (TPSA) is 115 Å². The zero-order chi connectivity index (χ0) is 21.8. The van der Waals surface area contributed by atoms with Crippen LogP contribution in [0.1, 0.15) is 22.8 Å². The molecule has 2 N–H and O–H groups in total. The number of phenols is 2. The third-order valence-corrected chi connectivity index (χ3v) is 4.35. The number of carbonyl (C=O) groups is 2. The number of benzene rings is 2. The molecule has 156 valence electrons. The van der Waals surface area contributed by atoms with E-state index in [1.807, 2.05) is 0 Å². The molecule has 0 saturated heterocycles. The van der Waals surface area contributed by atoms with Crippen LogP contribution in [0, 0.1) is 0 Å². The molecule has 0 aliphatic heterocycles. The predicted octanol–water partition coefficient (Wildman–Crippen LogP) is 3.69. The second-order valence-corrected chi connectivity index (χ2v) is 6.16. The molecule has 30 heavy (non-hydrogen) atoms. The lowest BCUT2D eigenvalue weighted by Crippen LogP contribution is -2.17. The van der Waals surface area contributed by atoms with Gasteiger partial charge in [0, 0.05) is 0 Å². The number of hydrogen-bond donors (Lipinski definition) is 2. The average Bonchev–Trinajstić information content (AvgIpc) is 3.20. The van der Waals surface area contributed by atoms with Gasteiger partial charge < -0.3 is 28.8 Å². The van der Waals surface area contributed by atoms with Gasteiger partial charge in [-0.2, -0.15) is 0 Å². The molecule has 0 amide bonds. The standard InChI is InChI=1S/C22H20O8/c1-4-29-22(26)15(11-12-6-5-7-13(23)10-12)17(24)16-18(25)21(28-3)20-14(8-9-30-20)19(16)27-2/h5-11,23,25H,4H2,1-3H3. The average molecular weight is 412 g/mol. The molecule has 0 unspecified atom stereocenters. The molecule has 2 aromatic carbocycles. The molecule has 1 heterocycles. The van der Waals surface area contributed by atoms with Gasteiger partial charge in [0.05, 0.1) is 32.5 Å². The van der Waals surface area contributed by atoms with Gasteiger partial charge in [0.1, 0.15) is 22.6 Å². The maximum absolute atomic E-state index is 13.4. The van der Waals surface area contributed by atoms with Crippen molar-refractivity contribution in [2.45, 2.75) is 6.92 Å². The molecular weight excluding hydrogens is 392 g/mol. The van der Waals surface area contributed by atoms with E-state index >= 15 is 0 Å². The van der Waals surface area contributed by atoms with E-state index in [0.717, 1.165) is 0 Å². The van der Waals surface area contributed by atoms with Crippen molar-refractivity contribution < 1.29 is 38.4 Å². The molecule has 1 aromatic heterocycles. The number of fused-ring (bicyclic) bond motifs is 1. The largest absolute Gasteiger partial charge is 0.508 e. The van der Waals surface area contributed by atoms with Gasteiger partial charge in [-0.1, -0.05) is 12.1 Å². The Bertz CT molecular complexity index is 1140. The number of phenolic OH excluding ortho intramolecular Hbond substituents is 2. The number of hydrogen-bond acceptors (Lipinski definition) is 8. The fourth-order valence-corrected chi connectivity index (χ4v) is 3.08. The summed E-state index contributed by atoms with van der Waals surface area (Å²) in [6.07, 6.45) is 2.63. The van der Waals surface area contributed by atoms with Gasteiger partial charge in [-0.25, -0.2) is 4.79 Å². The summed E-state index contributed by atoms with van der Waals surface area (Å²) in [5, 5.41) is 20.8. The quantitative estimate of drug-likeness (QED) is 0.198. The van der Waals surface area contributed by atoms with Gasteiger partial charge in [-0.3, -0.25) is 4.79 Å². The minimum Gasteiger partial charge on any atom is -0.508 e.